The lowest BCUT2D eigenvalue weighted by Gasteiger charge is -2.07. The number of oxazole rings is 1. The van der Waals surface area contributed by atoms with Gasteiger partial charge in [-0.05, 0) is 36.8 Å². The quantitative estimate of drug-likeness (QED) is 0.617. The molecule has 0 saturated carbocycles. The second kappa shape index (κ2) is 8.94. The number of aromatic nitrogens is 1. The molecule has 1 heterocycles. The number of carbonyl (C=O) groups excluding carboxylic acids is 2. The highest BCUT2D eigenvalue weighted by molar-refractivity contribution is 5.94. The van der Waals surface area contributed by atoms with Crippen LogP contribution in [0.3, 0.4) is 0 Å². The standard InChI is InChI=1S/C21H20FN3O3/c1-14-7-8-16(11-18(14)22)20(27)24-10-9-23-19(26)12-17-13-28-21(25-17)15-5-3-2-4-6-15/h2-8,11,13H,9-10,12H2,1H3,(H,23,26)(H,24,27). The van der Waals surface area contributed by atoms with Crippen LogP contribution in [0.5, 0.6) is 0 Å². The van der Waals surface area contributed by atoms with Crippen molar-refractivity contribution in [1.82, 2.24) is 15.6 Å². The maximum absolute atomic E-state index is 13.5. The third kappa shape index (κ3) is 5.03. The van der Waals surface area contributed by atoms with Crippen LogP contribution in [0.4, 0.5) is 4.39 Å². The molecule has 0 spiro atoms. The summed E-state index contributed by atoms with van der Waals surface area (Å²) in [6.07, 6.45) is 1.53. The minimum Gasteiger partial charge on any atom is -0.444 e. The van der Waals surface area contributed by atoms with E-state index in [1.807, 2.05) is 30.3 Å². The van der Waals surface area contributed by atoms with Gasteiger partial charge in [-0.25, -0.2) is 9.37 Å². The predicted molar refractivity (Wildman–Crippen MR) is 102 cm³/mol. The van der Waals surface area contributed by atoms with Crippen LogP contribution in [0.2, 0.25) is 0 Å². The Morgan fingerprint density at radius 1 is 1.07 bits per heavy atom. The fraction of sp³-hybridized carbons (Fsp3) is 0.190. The first-order chi connectivity index (χ1) is 13.5. The summed E-state index contributed by atoms with van der Waals surface area (Å²) in [4.78, 5) is 28.3. The Hall–Kier alpha value is -3.48. The number of halogens is 1. The zero-order valence-electron chi connectivity index (χ0n) is 15.4. The summed E-state index contributed by atoms with van der Waals surface area (Å²) < 4.78 is 18.9. The van der Waals surface area contributed by atoms with Gasteiger partial charge in [0.2, 0.25) is 11.8 Å². The molecule has 0 fully saturated rings. The molecule has 0 bridgehead atoms. The third-order valence-electron chi connectivity index (χ3n) is 4.08. The molecule has 0 saturated heterocycles. The van der Waals surface area contributed by atoms with Crippen LogP contribution in [-0.2, 0) is 11.2 Å². The summed E-state index contributed by atoms with van der Waals surface area (Å²) in [7, 11) is 0. The SMILES string of the molecule is Cc1ccc(C(=O)NCCNC(=O)Cc2coc(-c3ccccc3)n2)cc1F. The van der Waals surface area contributed by atoms with Gasteiger partial charge >= 0.3 is 0 Å². The minimum absolute atomic E-state index is 0.0768. The number of carbonyl (C=O) groups is 2. The third-order valence-corrected chi connectivity index (χ3v) is 4.08. The van der Waals surface area contributed by atoms with Crippen molar-refractivity contribution in [2.45, 2.75) is 13.3 Å². The Balaban J connectivity index is 1.42. The van der Waals surface area contributed by atoms with Crippen molar-refractivity contribution >= 4 is 11.8 Å². The number of nitrogens with zero attached hydrogens (tertiary/aromatic N) is 1. The Morgan fingerprint density at radius 3 is 2.57 bits per heavy atom. The van der Waals surface area contributed by atoms with E-state index in [9.17, 15) is 14.0 Å². The lowest BCUT2D eigenvalue weighted by Crippen LogP contribution is -2.35. The van der Waals surface area contributed by atoms with E-state index in [0.29, 0.717) is 17.1 Å². The molecule has 1 aromatic heterocycles. The molecule has 3 aromatic rings. The molecule has 2 N–H and O–H groups in total. The number of rotatable bonds is 7. The number of hydrogen-bond donors (Lipinski definition) is 2. The lowest BCUT2D eigenvalue weighted by atomic mass is 10.1. The molecule has 28 heavy (non-hydrogen) atoms. The largest absolute Gasteiger partial charge is 0.444 e. The first-order valence-corrected chi connectivity index (χ1v) is 8.84. The number of aryl methyl sites for hydroxylation is 1. The van der Waals surface area contributed by atoms with E-state index in [4.69, 9.17) is 4.42 Å². The fourth-order valence-electron chi connectivity index (χ4n) is 2.54. The summed E-state index contributed by atoms with van der Waals surface area (Å²) in [5.74, 6) is -0.592. The van der Waals surface area contributed by atoms with Gasteiger partial charge in [-0.15, -0.1) is 0 Å². The van der Waals surface area contributed by atoms with Crippen molar-refractivity contribution < 1.29 is 18.4 Å². The van der Waals surface area contributed by atoms with Crippen LogP contribution in [0, 0.1) is 12.7 Å². The van der Waals surface area contributed by atoms with Crippen LogP contribution >= 0.6 is 0 Å². The molecule has 2 aromatic carbocycles. The van der Waals surface area contributed by atoms with Gasteiger partial charge in [-0.1, -0.05) is 24.3 Å². The molecular formula is C21H20FN3O3. The normalized spacial score (nSPS) is 10.5. The molecule has 0 unspecified atom stereocenters. The zero-order valence-corrected chi connectivity index (χ0v) is 15.4. The van der Waals surface area contributed by atoms with Gasteiger partial charge < -0.3 is 15.1 Å². The molecule has 144 valence electrons. The molecule has 3 rings (SSSR count). The summed E-state index contributed by atoms with van der Waals surface area (Å²) in [6, 6.07) is 13.7. The average molecular weight is 381 g/mol. The Kier molecular flexibility index (Phi) is 6.16. The Bertz CT molecular complexity index is 970. The fourth-order valence-corrected chi connectivity index (χ4v) is 2.54. The second-order valence-electron chi connectivity index (χ2n) is 6.26. The molecule has 0 atom stereocenters. The highest BCUT2D eigenvalue weighted by Crippen LogP contribution is 2.18. The van der Waals surface area contributed by atoms with Gasteiger partial charge in [0.1, 0.15) is 12.1 Å². The predicted octanol–water partition coefficient (Wildman–Crippen LogP) is 2.88. The van der Waals surface area contributed by atoms with Crippen molar-refractivity contribution in [1.29, 1.82) is 0 Å². The second-order valence-corrected chi connectivity index (χ2v) is 6.26. The van der Waals surface area contributed by atoms with E-state index >= 15 is 0 Å². The van der Waals surface area contributed by atoms with E-state index in [1.165, 1.54) is 12.3 Å². The summed E-state index contributed by atoms with van der Waals surface area (Å²) in [6.45, 7) is 2.11. The van der Waals surface area contributed by atoms with Crippen LogP contribution < -0.4 is 10.6 Å². The summed E-state index contributed by atoms with van der Waals surface area (Å²) in [5.41, 5.74) is 2.08. The topological polar surface area (TPSA) is 84.2 Å². The van der Waals surface area contributed by atoms with E-state index in [1.54, 1.807) is 19.1 Å². The van der Waals surface area contributed by atoms with Crippen LogP contribution in [-0.4, -0.2) is 29.9 Å². The van der Waals surface area contributed by atoms with Gasteiger partial charge in [-0.2, -0.15) is 0 Å². The molecule has 0 aliphatic rings. The highest BCUT2D eigenvalue weighted by atomic mass is 19.1. The van der Waals surface area contributed by atoms with Crippen molar-refractivity contribution in [3.63, 3.8) is 0 Å². The summed E-state index contributed by atoms with van der Waals surface area (Å²) in [5, 5.41) is 5.33. The van der Waals surface area contributed by atoms with E-state index in [0.717, 1.165) is 5.56 Å². The van der Waals surface area contributed by atoms with E-state index in [-0.39, 0.29) is 31.0 Å². The number of amides is 2. The first kappa shape index (κ1) is 19.3. The van der Waals surface area contributed by atoms with Gasteiger partial charge in [0.15, 0.2) is 0 Å². The van der Waals surface area contributed by atoms with Crippen LogP contribution in [0.1, 0.15) is 21.6 Å². The molecule has 6 nitrogen and oxygen atoms in total. The van der Waals surface area contributed by atoms with Gasteiger partial charge in [0.05, 0.1) is 12.1 Å². The monoisotopic (exact) mass is 381 g/mol. The Morgan fingerprint density at radius 2 is 1.82 bits per heavy atom. The van der Waals surface area contributed by atoms with Crippen molar-refractivity contribution in [2.75, 3.05) is 13.1 Å². The maximum Gasteiger partial charge on any atom is 0.251 e. The van der Waals surface area contributed by atoms with Gasteiger partial charge in [-0.3, -0.25) is 9.59 Å². The zero-order chi connectivity index (χ0) is 19.9. The molecular weight excluding hydrogens is 361 g/mol. The molecule has 7 heteroatoms. The highest BCUT2D eigenvalue weighted by Gasteiger charge is 2.11. The molecule has 0 aliphatic carbocycles. The smallest absolute Gasteiger partial charge is 0.251 e. The average Bonchev–Trinajstić information content (AvgIpc) is 3.16. The number of nitrogens with one attached hydrogen (secondary N) is 2. The summed E-state index contributed by atoms with van der Waals surface area (Å²) >= 11 is 0. The minimum atomic E-state index is -0.427. The molecule has 0 radical (unpaired) electrons. The van der Waals surface area contributed by atoms with E-state index < -0.39 is 11.7 Å². The number of benzene rings is 2. The molecule has 0 aliphatic heterocycles. The van der Waals surface area contributed by atoms with Gasteiger partial charge in [0, 0.05) is 24.2 Å². The van der Waals surface area contributed by atoms with Gasteiger partial charge in [0.25, 0.3) is 5.91 Å². The van der Waals surface area contributed by atoms with Crippen molar-refractivity contribution in [3.8, 4) is 11.5 Å². The number of hydrogen-bond acceptors (Lipinski definition) is 4. The molecule has 2 amide bonds. The van der Waals surface area contributed by atoms with E-state index in [2.05, 4.69) is 15.6 Å². The van der Waals surface area contributed by atoms with Crippen molar-refractivity contribution in [2.24, 2.45) is 0 Å². The van der Waals surface area contributed by atoms with Crippen LogP contribution in [0.15, 0.2) is 59.2 Å². The Labute approximate surface area is 161 Å². The maximum atomic E-state index is 13.5. The lowest BCUT2D eigenvalue weighted by molar-refractivity contribution is -0.120. The van der Waals surface area contributed by atoms with Crippen molar-refractivity contribution in [3.05, 3.63) is 77.4 Å². The first-order valence-electron chi connectivity index (χ1n) is 8.84. The van der Waals surface area contributed by atoms with Crippen LogP contribution in [0.25, 0.3) is 11.5 Å².